The monoisotopic (exact) mass is 337 g/mol. The number of benzene rings is 1. The van der Waals surface area contributed by atoms with Crippen LogP contribution in [0.15, 0.2) is 47.3 Å². The zero-order valence-electron chi connectivity index (χ0n) is 14.3. The molecule has 128 valence electrons. The van der Waals surface area contributed by atoms with E-state index in [1.165, 1.54) is 12.1 Å². The van der Waals surface area contributed by atoms with Gasteiger partial charge in [0.25, 0.3) is 11.5 Å². The fourth-order valence-corrected chi connectivity index (χ4v) is 2.62. The van der Waals surface area contributed by atoms with Gasteiger partial charge in [0.15, 0.2) is 0 Å². The lowest BCUT2D eigenvalue weighted by atomic mass is 10.1. The number of rotatable bonds is 4. The van der Waals surface area contributed by atoms with Crippen molar-refractivity contribution in [2.24, 2.45) is 0 Å². The lowest BCUT2D eigenvalue weighted by Gasteiger charge is -2.14. The smallest absolute Gasteiger partial charge is 0.272 e. The van der Waals surface area contributed by atoms with Gasteiger partial charge in [-0.15, -0.1) is 0 Å². The molecule has 0 unspecified atom stereocenters. The highest BCUT2D eigenvalue weighted by Gasteiger charge is 2.13. The summed E-state index contributed by atoms with van der Waals surface area (Å²) in [4.78, 5) is 23.2. The molecule has 3 rings (SSSR count). The predicted molar refractivity (Wildman–Crippen MR) is 93.8 cm³/mol. The van der Waals surface area contributed by atoms with E-state index in [0.717, 1.165) is 22.6 Å². The summed E-state index contributed by atoms with van der Waals surface area (Å²) in [6, 6.07) is 12.3. The van der Waals surface area contributed by atoms with Crippen molar-refractivity contribution in [3.63, 3.8) is 0 Å². The van der Waals surface area contributed by atoms with Gasteiger partial charge in [0.2, 0.25) is 0 Å². The van der Waals surface area contributed by atoms with E-state index in [0.29, 0.717) is 0 Å². The average molecular weight is 337 g/mol. The number of aromatic nitrogens is 4. The van der Waals surface area contributed by atoms with Gasteiger partial charge in [-0.05, 0) is 50.6 Å². The van der Waals surface area contributed by atoms with Crippen molar-refractivity contribution < 1.29 is 4.79 Å². The van der Waals surface area contributed by atoms with Gasteiger partial charge in [-0.2, -0.15) is 10.2 Å². The van der Waals surface area contributed by atoms with E-state index >= 15 is 0 Å². The summed E-state index contributed by atoms with van der Waals surface area (Å²) in [6.45, 7) is 5.86. The first kappa shape index (κ1) is 16.6. The molecule has 3 aromatic rings. The second kappa shape index (κ2) is 6.72. The zero-order valence-corrected chi connectivity index (χ0v) is 14.3. The van der Waals surface area contributed by atoms with E-state index in [1.54, 1.807) is 0 Å². The molecule has 0 spiro atoms. The number of amides is 1. The van der Waals surface area contributed by atoms with Gasteiger partial charge in [-0.3, -0.25) is 9.59 Å². The summed E-state index contributed by atoms with van der Waals surface area (Å²) in [5.41, 5.74) is 3.79. The van der Waals surface area contributed by atoms with Crippen molar-refractivity contribution in [3.8, 4) is 5.69 Å². The highest BCUT2D eigenvalue weighted by atomic mass is 16.2. The molecule has 2 N–H and O–H groups in total. The Hall–Kier alpha value is -3.22. The minimum atomic E-state index is -0.343. The number of hydrogen-bond acceptors (Lipinski definition) is 4. The quantitative estimate of drug-likeness (QED) is 0.762. The maximum absolute atomic E-state index is 12.2. The molecule has 0 radical (unpaired) electrons. The second-order valence-electron chi connectivity index (χ2n) is 5.93. The maximum atomic E-state index is 12.2. The summed E-state index contributed by atoms with van der Waals surface area (Å²) in [5.74, 6) is -0.341. The first-order valence-electron chi connectivity index (χ1n) is 7.94. The molecule has 0 fully saturated rings. The van der Waals surface area contributed by atoms with Crippen LogP contribution in [-0.2, 0) is 0 Å². The number of nitrogens with one attached hydrogen (secondary N) is 2. The molecule has 25 heavy (non-hydrogen) atoms. The summed E-state index contributed by atoms with van der Waals surface area (Å²) in [5, 5.41) is 13.3. The Morgan fingerprint density at radius 3 is 2.44 bits per heavy atom. The fraction of sp³-hybridized carbons (Fsp3) is 0.222. The Balaban J connectivity index is 1.73. The summed E-state index contributed by atoms with van der Waals surface area (Å²) < 4.78 is 1.88. The molecule has 1 aromatic carbocycles. The predicted octanol–water partition coefficient (Wildman–Crippen LogP) is 2.06. The van der Waals surface area contributed by atoms with Crippen molar-refractivity contribution in [3.05, 3.63) is 75.5 Å². The molecule has 2 heterocycles. The van der Waals surface area contributed by atoms with Crippen LogP contribution in [0.3, 0.4) is 0 Å². The lowest BCUT2D eigenvalue weighted by molar-refractivity contribution is 0.0933. The summed E-state index contributed by atoms with van der Waals surface area (Å²) in [6.07, 6.45) is 0. The topological polar surface area (TPSA) is 92.7 Å². The van der Waals surface area contributed by atoms with Gasteiger partial charge in [-0.25, -0.2) is 9.78 Å². The third-order valence-electron chi connectivity index (χ3n) is 3.91. The Labute approximate surface area is 144 Å². The Morgan fingerprint density at radius 2 is 1.88 bits per heavy atom. The van der Waals surface area contributed by atoms with Crippen molar-refractivity contribution in [2.45, 2.75) is 26.8 Å². The minimum Gasteiger partial charge on any atom is -0.344 e. The molecule has 1 atom stereocenters. The second-order valence-corrected chi connectivity index (χ2v) is 5.93. The molecule has 0 saturated heterocycles. The Kier molecular flexibility index (Phi) is 4.47. The molecule has 1 amide bonds. The van der Waals surface area contributed by atoms with Crippen molar-refractivity contribution in [1.82, 2.24) is 25.3 Å². The number of aromatic amines is 1. The Morgan fingerprint density at radius 1 is 1.16 bits per heavy atom. The van der Waals surface area contributed by atoms with Crippen LogP contribution in [0.1, 0.15) is 40.4 Å². The molecule has 2 aromatic heterocycles. The molecule has 0 bridgehead atoms. The van der Waals surface area contributed by atoms with Crippen LogP contribution in [0.25, 0.3) is 5.69 Å². The van der Waals surface area contributed by atoms with Crippen LogP contribution in [0, 0.1) is 13.8 Å². The van der Waals surface area contributed by atoms with Crippen LogP contribution < -0.4 is 10.9 Å². The normalized spacial score (nSPS) is 12.0. The number of carbonyl (C=O) groups is 1. The highest BCUT2D eigenvalue weighted by molar-refractivity contribution is 5.92. The zero-order chi connectivity index (χ0) is 18.0. The van der Waals surface area contributed by atoms with Crippen molar-refractivity contribution in [1.29, 1.82) is 0 Å². The van der Waals surface area contributed by atoms with E-state index < -0.39 is 0 Å². The van der Waals surface area contributed by atoms with Crippen molar-refractivity contribution >= 4 is 5.91 Å². The molecule has 7 heteroatoms. The number of carbonyl (C=O) groups excluding carboxylic acids is 1. The molecule has 0 saturated carbocycles. The van der Waals surface area contributed by atoms with E-state index in [9.17, 15) is 9.59 Å². The first-order valence-corrected chi connectivity index (χ1v) is 7.94. The number of H-pyrrole nitrogens is 1. The van der Waals surface area contributed by atoms with Crippen LogP contribution >= 0.6 is 0 Å². The fourth-order valence-electron chi connectivity index (χ4n) is 2.62. The number of nitrogens with zero attached hydrogens (tertiary/aromatic N) is 3. The van der Waals surface area contributed by atoms with Gasteiger partial charge in [0.1, 0.15) is 5.69 Å². The van der Waals surface area contributed by atoms with Crippen LogP contribution in [0.4, 0.5) is 0 Å². The third kappa shape index (κ3) is 3.65. The van der Waals surface area contributed by atoms with Gasteiger partial charge in [0, 0.05) is 11.8 Å². The van der Waals surface area contributed by atoms with E-state index in [2.05, 4.69) is 20.6 Å². The van der Waals surface area contributed by atoms with Crippen LogP contribution in [-0.4, -0.2) is 25.9 Å². The molecule has 0 aliphatic carbocycles. The molecular weight excluding hydrogens is 318 g/mol. The maximum Gasteiger partial charge on any atom is 0.272 e. The average Bonchev–Trinajstić information content (AvgIpc) is 2.94. The minimum absolute atomic E-state index is 0.172. The summed E-state index contributed by atoms with van der Waals surface area (Å²) in [7, 11) is 0. The number of aryl methyl sites for hydroxylation is 2. The van der Waals surface area contributed by atoms with Gasteiger partial charge in [-0.1, -0.05) is 12.1 Å². The van der Waals surface area contributed by atoms with Crippen LogP contribution in [0.5, 0.6) is 0 Å². The van der Waals surface area contributed by atoms with E-state index in [-0.39, 0.29) is 23.2 Å². The highest BCUT2D eigenvalue weighted by Crippen LogP contribution is 2.17. The standard InChI is InChI=1S/C18H19N5O2/c1-11-10-12(2)23(22-11)15-6-4-14(5-7-15)13(3)19-18(25)16-8-9-17(24)21-20-16/h4-10,13H,1-3H3,(H,19,25)(H,21,24)/t13-/m0/s1. The summed E-state index contributed by atoms with van der Waals surface area (Å²) >= 11 is 0. The molecule has 7 nitrogen and oxygen atoms in total. The lowest BCUT2D eigenvalue weighted by Crippen LogP contribution is -2.28. The van der Waals surface area contributed by atoms with Gasteiger partial charge in [0.05, 0.1) is 17.4 Å². The molecular formula is C18H19N5O2. The largest absolute Gasteiger partial charge is 0.344 e. The van der Waals surface area contributed by atoms with Gasteiger partial charge < -0.3 is 5.32 Å². The Bertz CT molecular complexity index is 936. The van der Waals surface area contributed by atoms with E-state index in [1.807, 2.05) is 55.8 Å². The SMILES string of the molecule is Cc1cc(C)n(-c2ccc([C@H](C)NC(=O)c3ccc(=O)[nH]n3)cc2)n1. The van der Waals surface area contributed by atoms with Crippen molar-refractivity contribution in [2.75, 3.05) is 0 Å². The van der Waals surface area contributed by atoms with Crippen LogP contribution in [0.2, 0.25) is 0 Å². The first-order chi connectivity index (χ1) is 11.9. The van der Waals surface area contributed by atoms with Gasteiger partial charge >= 0.3 is 0 Å². The molecule has 0 aliphatic heterocycles. The third-order valence-corrected chi connectivity index (χ3v) is 3.91. The van der Waals surface area contributed by atoms with E-state index in [4.69, 9.17) is 0 Å². The number of hydrogen-bond donors (Lipinski definition) is 2. The molecule has 0 aliphatic rings.